The molecule has 0 spiro atoms. The monoisotopic (exact) mass is 226 g/mol. The smallest absolute Gasteiger partial charge is 0.0489 e. The minimum absolute atomic E-state index is 0.145. The fourth-order valence-electron chi connectivity index (χ4n) is 1.29. The average Bonchev–Trinajstić information content (AvgIpc) is 2.12. The molecule has 0 aliphatic heterocycles. The molecule has 0 saturated heterocycles. The van der Waals surface area contributed by atoms with E-state index in [1.165, 1.54) is 0 Å². The van der Waals surface area contributed by atoms with Gasteiger partial charge in [-0.3, -0.25) is 4.21 Å². The normalized spacial score (nSPS) is 14.6. The Morgan fingerprint density at radius 3 is 2.67 bits per heavy atom. The van der Waals surface area contributed by atoms with Crippen molar-refractivity contribution in [3.63, 3.8) is 0 Å². The number of rotatable bonds is 4. The van der Waals surface area contributed by atoms with E-state index in [4.69, 9.17) is 5.73 Å². The number of hydrogen-bond donors (Lipinski definition) is 2. The van der Waals surface area contributed by atoms with Gasteiger partial charge in [0.15, 0.2) is 0 Å². The van der Waals surface area contributed by atoms with Crippen LogP contribution in [-0.4, -0.2) is 22.3 Å². The van der Waals surface area contributed by atoms with Crippen LogP contribution in [-0.2, 0) is 10.8 Å². The van der Waals surface area contributed by atoms with E-state index in [0.717, 1.165) is 16.9 Å². The van der Waals surface area contributed by atoms with Crippen LogP contribution in [0.1, 0.15) is 12.5 Å². The van der Waals surface area contributed by atoms with Gasteiger partial charge in [0.1, 0.15) is 0 Å². The van der Waals surface area contributed by atoms with Gasteiger partial charge in [0.25, 0.3) is 0 Å². The second kappa shape index (κ2) is 5.16. The van der Waals surface area contributed by atoms with E-state index < -0.39 is 10.8 Å². The number of aryl methyl sites for hydroxylation is 1. The minimum atomic E-state index is -0.788. The van der Waals surface area contributed by atoms with Crippen molar-refractivity contribution in [1.82, 2.24) is 0 Å². The van der Waals surface area contributed by atoms with E-state index in [-0.39, 0.29) is 5.25 Å². The van der Waals surface area contributed by atoms with Crippen molar-refractivity contribution in [2.45, 2.75) is 19.1 Å². The number of nitrogens with one attached hydrogen (secondary N) is 1. The van der Waals surface area contributed by atoms with Crippen LogP contribution in [0.2, 0.25) is 0 Å². The summed E-state index contributed by atoms with van der Waals surface area (Å²) in [5.41, 5.74) is 8.60. The Morgan fingerprint density at radius 2 is 2.13 bits per heavy atom. The lowest BCUT2D eigenvalue weighted by Gasteiger charge is -2.12. The third-order valence-electron chi connectivity index (χ3n) is 2.26. The van der Waals surface area contributed by atoms with Crippen LogP contribution < -0.4 is 11.1 Å². The van der Waals surface area contributed by atoms with Gasteiger partial charge >= 0.3 is 0 Å². The first kappa shape index (κ1) is 12.0. The van der Waals surface area contributed by atoms with Crippen LogP contribution in [0, 0.1) is 6.92 Å². The van der Waals surface area contributed by atoms with Crippen molar-refractivity contribution >= 4 is 22.2 Å². The quantitative estimate of drug-likeness (QED) is 0.769. The molecule has 2 unspecified atom stereocenters. The maximum absolute atomic E-state index is 11.1. The maximum Gasteiger partial charge on any atom is 0.0489 e. The summed E-state index contributed by atoms with van der Waals surface area (Å²) >= 11 is 0. The molecule has 1 aromatic rings. The van der Waals surface area contributed by atoms with Gasteiger partial charge in [0, 0.05) is 40.2 Å². The fraction of sp³-hybridized carbons (Fsp3) is 0.455. The summed E-state index contributed by atoms with van der Waals surface area (Å²) in [5.74, 6) is 0. The van der Waals surface area contributed by atoms with E-state index in [9.17, 15) is 4.21 Å². The van der Waals surface area contributed by atoms with Crippen molar-refractivity contribution in [3.05, 3.63) is 23.8 Å². The molecule has 3 N–H and O–H groups in total. The van der Waals surface area contributed by atoms with Crippen LogP contribution in [0.4, 0.5) is 11.4 Å². The fourth-order valence-corrected chi connectivity index (χ4v) is 1.61. The van der Waals surface area contributed by atoms with Gasteiger partial charge in [0.2, 0.25) is 0 Å². The van der Waals surface area contributed by atoms with Gasteiger partial charge in [-0.05, 0) is 37.6 Å². The average molecular weight is 226 g/mol. The Morgan fingerprint density at radius 1 is 1.47 bits per heavy atom. The Balaban J connectivity index is 2.61. The topological polar surface area (TPSA) is 55.1 Å². The molecule has 0 aliphatic carbocycles. The van der Waals surface area contributed by atoms with Crippen LogP contribution in [0.3, 0.4) is 0 Å². The molecule has 0 bridgehead atoms. The molecule has 2 atom stereocenters. The SMILES string of the molecule is Cc1cc(N)cc(NCC(C)S(C)=O)c1. The molecule has 0 aromatic heterocycles. The summed E-state index contributed by atoms with van der Waals surface area (Å²) in [5, 5.41) is 3.38. The summed E-state index contributed by atoms with van der Waals surface area (Å²) in [6, 6.07) is 5.84. The lowest BCUT2D eigenvalue weighted by Crippen LogP contribution is -2.20. The maximum atomic E-state index is 11.1. The second-order valence-electron chi connectivity index (χ2n) is 3.82. The van der Waals surface area contributed by atoms with Crippen LogP contribution in [0.5, 0.6) is 0 Å². The summed E-state index contributed by atoms with van der Waals surface area (Å²) in [6.45, 7) is 4.66. The highest BCUT2D eigenvalue weighted by Crippen LogP contribution is 2.15. The first-order valence-electron chi connectivity index (χ1n) is 4.92. The highest BCUT2D eigenvalue weighted by Gasteiger charge is 2.05. The van der Waals surface area contributed by atoms with E-state index in [1.54, 1.807) is 6.26 Å². The predicted molar refractivity (Wildman–Crippen MR) is 67.6 cm³/mol. The zero-order valence-electron chi connectivity index (χ0n) is 9.41. The number of anilines is 2. The molecule has 84 valence electrons. The summed E-state index contributed by atoms with van der Waals surface area (Å²) in [7, 11) is -0.788. The lowest BCUT2D eigenvalue weighted by molar-refractivity contribution is 0.679. The van der Waals surface area contributed by atoms with Gasteiger partial charge in [-0.2, -0.15) is 0 Å². The first-order valence-corrected chi connectivity index (χ1v) is 6.54. The molecule has 4 heteroatoms. The Kier molecular flexibility index (Phi) is 4.15. The summed E-state index contributed by atoms with van der Waals surface area (Å²) in [6.07, 6.45) is 1.72. The molecule has 0 heterocycles. The van der Waals surface area contributed by atoms with Gasteiger partial charge in [-0.25, -0.2) is 0 Å². The molecule has 0 fully saturated rings. The molecule has 0 saturated carbocycles. The molecule has 0 amide bonds. The molecule has 15 heavy (non-hydrogen) atoms. The van der Waals surface area contributed by atoms with E-state index in [0.29, 0.717) is 6.54 Å². The largest absolute Gasteiger partial charge is 0.399 e. The zero-order chi connectivity index (χ0) is 11.4. The third kappa shape index (κ3) is 3.91. The van der Waals surface area contributed by atoms with Crippen molar-refractivity contribution in [1.29, 1.82) is 0 Å². The number of benzene rings is 1. The minimum Gasteiger partial charge on any atom is -0.399 e. The Bertz CT molecular complexity index is 345. The van der Waals surface area contributed by atoms with Crippen LogP contribution >= 0.6 is 0 Å². The van der Waals surface area contributed by atoms with Gasteiger partial charge in [-0.15, -0.1) is 0 Å². The summed E-state index contributed by atoms with van der Waals surface area (Å²) < 4.78 is 11.1. The van der Waals surface area contributed by atoms with Crippen molar-refractivity contribution in [2.24, 2.45) is 0 Å². The number of hydrogen-bond acceptors (Lipinski definition) is 3. The molecule has 0 radical (unpaired) electrons. The molecule has 3 nitrogen and oxygen atoms in total. The lowest BCUT2D eigenvalue weighted by atomic mass is 10.2. The summed E-state index contributed by atoms with van der Waals surface area (Å²) in [4.78, 5) is 0. The Labute approximate surface area is 93.5 Å². The standard InChI is InChI=1S/C11H18N2OS/c1-8-4-10(12)6-11(5-8)13-7-9(2)15(3)14/h4-6,9,13H,7,12H2,1-3H3. The molecule has 0 aliphatic rings. The molecule has 1 aromatic carbocycles. The van der Waals surface area contributed by atoms with E-state index >= 15 is 0 Å². The van der Waals surface area contributed by atoms with Gasteiger partial charge in [0.05, 0.1) is 0 Å². The second-order valence-corrected chi connectivity index (χ2v) is 5.62. The highest BCUT2D eigenvalue weighted by molar-refractivity contribution is 7.84. The molecular formula is C11H18N2OS. The van der Waals surface area contributed by atoms with Crippen molar-refractivity contribution in [2.75, 3.05) is 23.9 Å². The number of nitrogen functional groups attached to an aromatic ring is 1. The van der Waals surface area contributed by atoms with Gasteiger partial charge < -0.3 is 11.1 Å². The van der Waals surface area contributed by atoms with Crippen molar-refractivity contribution < 1.29 is 4.21 Å². The highest BCUT2D eigenvalue weighted by atomic mass is 32.2. The van der Waals surface area contributed by atoms with Gasteiger partial charge in [-0.1, -0.05) is 0 Å². The predicted octanol–water partition coefficient (Wildman–Crippen LogP) is 1.76. The number of nitrogens with two attached hydrogens (primary N) is 1. The van der Waals surface area contributed by atoms with Crippen LogP contribution in [0.15, 0.2) is 18.2 Å². The first-order chi connectivity index (χ1) is 6.99. The molecule has 1 rings (SSSR count). The zero-order valence-corrected chi connectivity index (χ0v) is 10.2. The third-order valence-corrected chi connectivity index (χ3v) is 3.56. The van der Waals surface area contributed by atoms with E-state index in [2.05, 4.69) is 5.32 Å². The van der Waals surface area contributed by atoms with Crippen LogP contribution in [0.25, 0.3) is 0 Å². The van der Waals surface area contributed by atoms with E-state index in [1.807, 2.05) is 32.0 Å². The van der Waals surface area contributed by atoms with Crippen molar-refractivity contribution in [3.8, 4) is 0 Å². The Hall–Kier alpha value is -1.03. The molecular weight excluding hydrogens is 208 g/mol.